The Balaban J connectivity index is 2.29. The van der Waals surface area contributed by atoms with E-state index in [1.54, 1.807) is 12.1 Å². The van der Waals surface area contributed by atoms with Gasteiger partial charge in [0, 0.05) is 23.2 Å². The van der Waals surface area contributed by atoms with Crippen molar-refractivity contribution >= 4 is 44.3 Å². The van der Waals surface area contributed by atoms with E-state index in [2.05, 4.69) is 4.72 Å². The van der Waals surface area contributed by atoms with Crippen LogP contribution in [-0.4, -0.2) is 13.3 Å². The summed E-state index contributed by atoms with van der Waals surface area (Å²) in [5.74, 6) is 0. The van der Waals surface area contributed by atoms with Crippen molar-refractivity contribution in [3.8, 4) is 0 Å². The summed E-state index contributed by atoms with van der Waals surface area (Å²) >= 11 is 6.97. The maximum atomic E-state index is 12.2. The zero-order valence-corrected chi connectivity index (χ0v) is 12.8. The summed E-state index contributed by atoms with van der Waals surface area (Å²) in [4.78, 5) is 10.4. The fraction of sp³-hybridized carbons (Fsp3) is 0.0909. The van der Waals surface area contributed by atoms with E-state index >= 15 is 0 Å². The topological polar surface area (TPSA) is 115 Å². The zero-order valence-electron chi connectivity index (χ0n) is 10.4. The van der Waals surface area contributed by atoms with Crippen LogP contribution in [0.4, 0.5) is 11.4 Å². The Kier molecular flexibility index (Phi) is 4.47. The second-order valence-corrected chi connectivity index (χ2v) is 7.55. The highest BCUT2D eigenvalue weighted by Gasteiger charge is 2.25. The van der Waals surface area contributed by atoms with E-state index in [1.807, 2.05) is 0 Å². The standard InChI is InChI=1S/C11H10ClN3O4S2/c12-11-4-2-8(20-11)6-14-21(18,19)10-3-1-7(13)5-9(10)15(16)17/h1-5,14H,6,13H2. The molecule has 0 atom stereocenters. The van der Waals surface area contributed by atoms with E-state index in [0.29, 0.717) is 9.21 Å². The van der Waals surface area contributed by atoms with E-state index in [0.717, 1.165) is 12.1 Å². The number of nitrogens with two attached hydrogens (primary N) is 1. The zero-order chi connectivity index (χ0) is 15.6. The van der Waals surface area contributed by atoms with Crippen LogP contribution in [-0.2, 0) is 16.6 Å². The molecule has 0 fully saturated rings. The van der Waals surface area contributed by atoms with E-state index in [1.165, 1.54) is 17.4 Å². The molecule has 7 nitrogen and oxygen atoms in total. The minimum absolute atomic E-state index is 0.00124. The molecule has 0 aliphatic heterocycles. The summed E-state index contributed by atoms with van der Waals surface area (Å²) < 4.78 is 27.2. The minimum atomic E-state index is -4.03. The molecule has 0 amide bonds. The molecule has 0 saturated carbocycles. The molecule has 1 aromatic carbocycles. The third kappa shape index (κ3) is 3.70. The monoisotopic (exact) mass is 347 g/mol. The number of nitrogen functional groups attached to an aromatic ring is 1. The first-order valence-electron chi connectivity index (χ1n) is 5.57. The maximum Gasteiger partial charge on any atom is 0.291 e. The highest BCUT2D eigenvalue weighted by molar-refractivity contribution is 7.89. The quantitative estimate of drug-likeness (QED) is 0.489. The Morgan fingerprint density at radius 2 is 2.05 bits per heavy atom. The molecular formula is C11H10ClN3O4S2. The smallest absolute Gasteiger partial charge is 0.291 e. The summed E-state index contributed by atoms with van der Waals surface area (Å²) in [6.07, 6.45) is 0. The van der Waals surface area contributed by atoms with Crippen LogP contribution in [0.2, 0.25) is 4.34 Å². The van der Waals surface area contributed by atoms with Crippen molar-refractivity contribution in [1.82, 2.24) is 4.72 Å². The largest absolute Gasteiger partial charge is 0.399 e. The predicted octanol–water partition coefficient (Wildman–Crippen LogP) is 2.37. The molecule has 2 rings (SSSR count). The fourth-order valence-electron chi connectivity index (χ4n) is 1.59. The van der Waals surface area contributed by atoms with Gasteiger partial charge in [-0.15, -0.1) is 11.3 Å². The average Bonchev–Trinajstić information content (AvgIpc) is 2.82. The van der Waals surface area contributed by atoms with Crippen molar-refractivity contribution in [2.45, 2.75) is 11.4 Å². The van der Waals surface area contributed by atoms with Crippen LogP contribution in [0, 0.1) is 10.1 Å². The summed E-state index contributed by atoms with van der Waals surface area (Å²) in [5.41, 5.74) is 5.00. The van der Waals surface area contributed by atoms with Crippen LogP contribution < -0.4 is 10.5 Å². The average molecular weight is 348 g/mol. The number of sulfonamides is 1. The van der Waals surface area contributed by atoms with Gasteiger partial charge in [0.15, 0.2) is 4.90 Å². The van der Waals surface area contributed by atoms with Gasteiger partial charge in [-0.1, -0.05) is 11.6 Å². The van der Waals surface area contributed by atoms with Crippen LogP contribution in [0.5, 0.6) is 0 Å². The molecule has 21 heavy (non-hydrogen) atoms. The van der Waals surface area contributed by atoms with Crippen LogP contribution in [0.3, 0.4) is 0 Å². The van der Waals surface area contributed by atoms with Crippen molar-refractivity contribution in [1.29, 1.82) is 0 Å². The van der Waals surface area contributed by atoms with Crippen LogP contribution in [0.1, 0.15) is 4.88 Å². The molecule has 0 unspecified atom stereocenters. The van der Waals surface area contributed by atoms with E-state index in [-0.39, 0.29) is 12.2 Å². The molecule has 0 spiro atoms. The van der Waals surface area contributed by atoms with Gasteiger partial charge in [-0.2, -0.15) is 0 Å². The number of benzene rings is 1. The summed E-state index contributed by atoms with van der Waals surface area (Å²) in [6.45, 7) is 0.00124. The number of nitro benzene ring substituents is 1. The Hall–Kier alpha value is -1.68. The van der Waals surface area contributed by atoms with Gasteiger partial charge in [0.1, 0.15) is 0 Å². The van der Waals surface area contributed by atoms with Gasteiger partial charge in [-0.05, 0) is 24.3 Å². The number of hydrogen-bond acceptors (Lipinski definition) is 6. The third-order valence-corrected chi connectivity index (χ3v) is 5.21. The lowest BCUT2D eigenvalue weighted by Crippen LogP contribution is -2.23. The van der Waals surface area contributed by atoms with Gasteiger partial charge in [-0.25, -0.2) is 13.1 Å². The van der Waals surface area contributed by atoms with E-state index in [4.69, 9.17) is 17.3 Å². The second kappa shape index (κ2) is 5.98. The normalized spacial score (nSPS) is 11.5. The summed E-state index contributed by atoms with van der Waals surface area (Å²) in [5, 5.41) is 10.9. The number of halogens is 1. The van der Waals surface area contributed by atoms with Crippen molar-refractivity contribution in [3.05, 3.63) is 49.7 Å². The first-order valence-corrected chi connectivity index (χ1v) is 8.25. The molecule has 0 radical (unpaired) electrons. The van der Waals surface area contributed by atoms with Crippen molar-refractivity contribution in [2.24, 2.45) is 0 Å². The number of hydrogen-bond donors (Lipinski definition) is 2. The van der Waals surface area contributed by atoms with Crippen molar-refractivity contribution in [2.75, 3.05) is 5.73 Å². The second-order valence-electron chi connectivity index (χ2n) is 4.01. The number of nitrogens with one attached hydrogen (secondary N) is 1. The van der Waals surface area contributed by atoms with Crippen molar-refractivity contribution < 1.29 is 13.3 Å². The molecular weight excluding hydrogens is 338 g/mol. The van der Waals surface area contributed by atoms with Crippen LogP contribution in [0.25, 0.3) is 0 Å². The molecule has 3 N–H and O–H groups in total. The SMILES string of the molecule is Nc1ccc(S(=O)(=O)NCc2ccc(Cl)s2)c([N+](=O)[O-])c1. The number of nitrogens with zero attached hydrogens (tertiary/aromatic N) is 1. The third-order valence-electron chi connectivity index (χ3n) is 2.53. The number of thiophene rings is 1. The van der Waals surface area contributed by atoms with Gasteiger partial charge in [0.2, 0.25) is 10.0 Å². The van der Waals surface area contributed by atoms with Gasteiger partial charge >= 0.3 is 0 Å². The highest BCUT2D eigenvalue weighted by Crippen LogP contribution is 2.27. The van der Waals surface area contributed by atoms with E-state index < -0.39 is 25.5 Å². The molecule has 0 aliphatic carbocycles. The number of rotatable bonds is 5. The molecule has 1 aromatic heterocycles. The highest BCUT2D eigenvalue weighted by atomic mass is 35.5. The van der Waals surface area contributed by atoms with Gasteiger partial charge < -0.3 is 5.73 Å². The first-order chi connectivity index (χ1) is 9.79. The Bertz CT molecular complexity index is 789. The summed E-state index contributed by atoms with van der Waals surface area (Å²) in [6, 6.07) is 6.73. The van der Waals surface area contributed by atoms with E-state index in [9.17, 15) is 18.5 Å². The summed E-state index contributed by atoms with van der Waals surface area (Å²) in [7, 11) is -4.03. The molecule has 10 heteroatoms. The number of anilines is 1. The molecule has 112 valence electrons. The predicted molar refractivity (Wildman–Crippen MR) is 80.9 cm³/mol. The fourth-order valence-corrected chi connectivity index (χ4v) is 3.87. The molecule has 0 bridgehead atoms. The molecule has 0 aliphatic rings. The lowest BCUT2D eigenvalue weighted by molar-refractivity contribution is -0.387. The molecule has 2 aromatic rings. The first kappa shape index (κ1) is 15.7. The lowest BCUT2D eigenvalue weighted by Gasteiger charge is -2.07. The Morgan fingerprint density at radius 1 is 1.33 bits per heavy atom. The molecule has 0 saturated heterocycles. The maximum absolute atomic E-state index is 12.2. The lowest BCUT2D eigenvalue weighted by atomic mass is 10.3. The van der Waals surface area contributed by atoms with Crippen molar-refractivity contribution in [3.63, 3.8) is 0 Å². The Labute approximate surface area is 129 Å². The molecule has 1 heterocycles. The van der Waals surface area contributed by atoms with Gasteiger partial charge in [-0.3, -0.25) is 10.1 Å². The van der Waals surface area contributed by atoms with Gasteiger partial charge in [0.05, 0.1) is 9.26 Å². The van der Waals surface area contributed by atoms with Crippen LogP contribution in [0.15, 0.2) is 35.2 Å². The minimum Gasteiger partial charge on any atom is -0.399 e. The number of nitro groups is 1. The van der Waals surface area contributed by atoms with Crippen LogP contribution >= 0.6 is 22.9 Å². The van der Waals surface area contributed by atoms with Gasteiger partial charge in [0.25, 0.3) is 5.69 Å². The Morgan fingerprint density at radius 3 is 2.62 bits per heavy atom.